The van der Waals surface area contributed by atoms with Crippen LogP contribution in [0.1, 0.15) is 65.7 Å². The predicted octanol–water partition coefficient (Wildman–Crippen LogP) is 5.74. The van der Waals surface area contributed by atoms with Crippen LogP contribution in [0.5, 0.6) is 0 Å². The standard InChI is InChI=1S/C5H5.3C4H10N.C3H6F3Ge.Zr/c1-2-4-5-3-1;3*1-2-3-4-5;1-7(2)3(4,5)6;/h1-3H,4H2;3*5H,2-4H2,1H3;1-2H3;/q;3*-1;;+3. The van der Waals surface area contributed by atoms with Gasteiger partial charge in [-0.3, -0.25) is 0 Å². The van der Waals surface area contributed by atoms with Crippen molar-refractivity contribution in [2.75, 3.05) is 19.6 Å². The molecule has 0 heterocycles. The van der Waals surface area contributed by atoms with E-state index in [1.165, 1.54) is 0 Å². The maximum atomic E-state index is 14.7. The first-order valence-electron chi connectivity index (χ1n) is 11.0. The predicted molar refractivity (Wildman–Crippen MR) is 114 cm³/mol. The van der Waals surface area contributed by atoms with Gasteiger partial charge in [0.25, 0.3) is 0 Å². The molecule has 0 atom stereocenters. The molecule has 0 spiro atoms. The third-order valence-corrected chi connectivity index (χ3v) is 71.9. The normalized spacial score (nSPS) is 16.9. The van der Waals surface area contributed by atoms with Crippen molar-refractivity contribution < 1.29 is 30.3 Å². The molecule has 0 unspecified atom stereocenters. The first kappa shape index (κ1) is 26.6. The average Bonchev–Trinajstić information content (AvgIpc) is 3.16. The minimum atomic E-state index is -5.01. The molecule has 0 aromatic heterocycles. The third kappa shape index (κ3) is 5.24. The van der Waals surface area contributed by atoms with E-state index in [0.29, 0.717) is 26.1 Å². The van der Waals surface area contributed by atoms with Crippen LogP contribution in [0.15, 0.2) is 21.5 Å². The summed E-state index contributed by atoms with van der Waals surface area (Å²) in [5.41, 5.74) is 0. The van der Waals surface area contributed by atoms with Crippen molar-refractivity contribution in [1.82, 2.24) is 9.78 Å². The van der Waals surface area contributed by atoms with Crippen molar-refractivity contribution in [3.63, 3.8) is 0 Å². The minimum absolute atomic E-state index is 0.632. The molecule has 1 aliphatic rings. The summed E-state index contributed by atoms with van der Waals surface area (Å²) in [7, 11) is -4.45. The molecule has 28 heavy (non-hydrogen) atoms. The van der Waals surface area contributed by atoms with Crippen molar-refractivity contribution in [3.8, 4) is 0 Å². The molecule has 3 N–H and O–H groups in total. The molecule has 8 heteroatoms. The van der Waals surface area contributed by atoms with Gasteiger partial charge in [0.2, 0.25) is 0 Å². The molecule has 3 nitrogen and oxygen atoms in total. The van der Waals surface area contributed by atoms with Crippen LogP contribution in [-0.4, -0.2) is 34.1 Å². The second-order valence-corrected chi connectivity index (χ2v) is 55.3. The Balaban J connectivity index is 3.64. The Bertz CT molecular complexity index is 518. The fourth-order valence-corrected chi connectivity index (χ4v) is 61.2. The van der Waals surface area contributed by atoms with Crippen LogP contribution in [0.3, 0.4) is 0 Å². The Morgan fingerprint density at radius 3 is 1.61 bits per heavy atom. The SMILES string of the molecule is CCCC[NH][Zr]([NH]CCCC)([NH]CCCC)([C]1=CC=CC1)[Ge]([CH3])([CH3])[C](F)(F)F. The first-order chi connectivity index (χ1) is 13.1. The van der Waals surface area contributed by atoms with Crippen molar-refractivity contribution in [1.29, 1.82) is 0 Å². The average molecular weight is 544 g/mol. The van der Waals surface area contributed by atoms with Crippen LogP contribution in [0.25, 0.3) is 0 Å². The van der Waals surface area contributed by atoms with E-state index in [9.17, 15) is 13.2 Å². The van der Waals surface area contributed by atoms with E-state index < -0.39 is 31.6 Å². The summed E-state index contributed by atoms with van der Waals surface area (Å²) in [5, 5.41) is -4.13. The Morgan fingerprint density at radius 2 is 1.32 bits per heavy atom. The summed E-state index contributed by atoms with van der Waals surface area (Å²) in [6.07, 6.45) is 12.2. The Hall–Kier alpha value is 0.576. The van der Waals surface area contributed by atoms with Gasteiger partial charge < -0.3 is 0 Å². The van der Waals surface area contributed by atoms with Crippen molar-refractivity contribution in [3.05, 3.63) is 21.5 Å². The van der Waals surface area contributed by atoms with E-state index in [0.717, 1.165) is 41.8 Å². The summed E-state index contributed by atoms with van der Waals surface area (Å²) in [6, 6.07) is 0. The summed E-state index contributed by atoms with van der Waals surface area (Å²) in [4.78, 5) is 0. The zero-order chi connectivity index (χ0) is 21.3. The van der Waals surface area contributed by atoms with Gasteiger partial charge in [0.1, 0.15) is 0 Å². The quantitative estimate of drug-likeness (QED) is 0.193. The van der Waals surface area contributed by atoms with E-state index >= 15 is 0 Å². The van der Waals surface area contributed by atoms with E-state index in [1.807, 2.05) is 18.2 Å². The molecule has 0 fully saturated rings. The molecule has 0 amide bonds. The molecule has 0 bridgehead atoms. The van der Waals surface area contributed by atoms with Gasteiger partial charge >= 0.3 is 173 Å². The van der Waals surface area contributed by atoms with Gasteiger partial charge in [-0.2, -0.15) is 0 Å². The molecule has 0 aliphatic heterocycles. The van der Waals surface area contributed by atoms with E-state index in [-0.39, 0.29) is 0 Å². The second kappa shape index (κ2) is 11.3. The van der Waals surface area contributed by atoms with Gasteiger partial charge in [-0.15, -0.1) is 0 Å². The summed E-state index contributed by atoms with van der Waals surface area (Å²) in [5.74, 6) is 3.20. The van der Waals surface area contributed by atoms with Crippen LogP contribution in [0.2, 0.25) is 11.5 Å². The molecule has 1 aliphatic carbocycles. The molecule has 0 saturated heterocycles. The Kier molecular flexibility index (Phi) is 10.7. The van der Waals surface area contributed by atoms with Gasteiger partial charge in [-0.25, -0.2) is 0 Å². The van der Waals surface area contributed by atoms with Crippen molar-refractivity contribution >= 4 is 9.48 Å². The fourth-order valence-electron chi connectivity index (χ4n) is 4.24. The molecule has 0 aromatic carbocycles. The number of hydrogen-bond donors (Lipinski definition) is 3. The number of nitrogens with one attached hydrogen (secondary N) is 3. The van der Waals surface area contributed by atoms with Crippen LogP contribution in [0.4, 0.5) is 13.2 Å². The zero-order valence-corrected chi connectivity index (χ0v) is 23.0. The van der Waals surface area contributed by atoms with Gasteiger partial charge in [0.15, 0.2) is 0 Å². The van der Waals surface area contributed by atoms with Gasteiger partial charge in [0.05, 0.1) is 0 Å². The molecule has 0 radical (unpaired) electrons. The first-order valence-corrected chi connectivity index (χ1v) is 28.6. The molecular weight excluding hydrogens is 503 g/mol. The van der Waals surface area contributed by atoms with Gasteiger partial charge in [-0.1, -0.05) is 0 Å². The van der Waals surface area contributed by atoms with Crippen LogP contribution in [0, 0.1) is 0 Å². The van der Waals surface area contributed by atoms with E-state index in [2.05, 4.69) is 30.6 Å². The van der Waals surface area contributed by atoms with Crippen LogP contribution >= 0.6 is 0 Å². The number of alkyl halides is 3. The van der Waals surface area contributed by atoms with E-state index in [4.69, 9.17) is 0 Å². The monoisotopic (exact) mass is 544 g/mol. The zero-order valence-electron chi connectivity index (χ0n) is 18.4. The molecule has 0 aromatic rings. The van der Waals surface area contributed by atoms with Crippen LogP contribution < -0.4 is 9.78 Å². The summed E-state index contributed by atoms with van der Waals surface area (Å²) < 4.78 is 56.3. The van der Waals surface area contributed by atoms with Crippen molar-refractivity contribution in [2.24, 2.45) is 0 Å². The van der Waals surface area contributed by atoms with Crippen LogP contribution in [-0.2, 0) is 17.1 Å². The molecule has 0 saturated carbocycles. The number of rotatable bonds is 14. The van der Waals surface area contributed by atoms with Gasteiger partial charge in [-0.05, 0) is 0 Å². The molecular formula is C20H41F3GeN3Zr. The number of halogens is 3. The Morgan fingerprint density at radius 1 is 0.893 bits per heavy atom. The second-order valence-electron chi connectivity index (χ2n) is 8.54. The summed E-state index contributed by atoms with van der Waals surface area (Å²) >= 11 is -5.01. The number of allylic oxidation sites excluding steroid dienone is 4. The number of unbranched alkanes of at least 4 members (excludes halogenated alkanes) is 3. The topological polar surface area (TPSA) is 36.1 Å². The fraction of sp³-hybridized carbons (Fsp3) is 0.800. The van der Waals surface area contributed by atoms with Crippen molar-refractivity contribution in [2.45, 2.75) is 82.2 Å². The maximum absolute atomic E-state index is 14.7. The van der Waals surface area contributed by atoms with E-state index in [1.54, 1.807) is 11.5 Å². The molecule has 165 valence electrons. The molecule has 1 rings (SSSR count). The van der Waals surface area contributed by atoms with Gasteiger partial charge in [0, 0.05) is 0 Å². The third-order valence-electron chi connectivity index (χ3n) is 6.40. The number of hydrogen-bond acceptors (Lipinski definition) is 3. The summed E-state index contributed by atoms with van der Waals surface area (Å²) in [6.45, 7) is 8.19. The Labute approximate surface area is 172 Å².